The van der Waals surface area contributed by atoms with E-state index in [0.29, 0.717) is 5.92 Å². The highest BCUT2D eigenvalue weighted by Gasteiger charge is 2.36. The van der Waals surface area contributed by atoms with Crippen molar-refractivity contribution >= 4 is 12.0 Å². The minimum atomic E-state index is -0.276. The molecule has 0 N–H and O–H groups in total. The van der Waals surface area contributed by atoms with E-state index in [-0.39, 0.29) is 29.0 Å². The predicted molar refractivity (Wildman–Crippen MR) is 135 cm³/mol. The minimum Gasteiger partial charge on any atom is -0.481 e. The van der Waals surface area contributed by atoms with Crippen LogP contribution in [0.2, 0.25) is 0 Å². The van der Waals surface area contributed by atoms with E-state index in [9.17, 15) is 4.79 Å². The number of benzene rings is 1. The lowest BCUT2D eigenvalue weighted by molar-refractivity contribution is -0.162. The average molecular weight is 443 g/mol. The Morgan fingerprint density at radius 2 is 1.78 bits per heavy atom. The van der Waals surface area contributed by atoms with Crippen LogP contribution in [0.25, 0.3) is 6.08 Å². The molecule has 0 bridgehead atoms. The van der Waals surface area contributed by atoms with Gasteiger partial charge in [-0.05, 0) is 80.2 Å². The largest absolute Gasteiger partial charge is 0.481 e. The Balaban J connectivity index is 2.19. The second-order valence-electron chi connectivity index (χ2n) is 11.9. The minimum absolute atomic E-state index is 0.0412. The summed E-state index contributed by atoms with van der Waals surface area (Å²) in [6.45, 7) is 18.0. The second-order valence-corrected chi connectivity index (χ2v) is 11.9. The number of ether oxygens (including phenoxy) is 2. The molecule has 1 fully saturated rings. The molecular weight excluding hydrogens is 396 g/mol. The van der Waals surface area contributed by atoms with Crippen LogP contribution in [0.5, 0.6) is 5.75 Å². The van der Waals surface area contributed by atoms with Crippen molar-refractivity contribution in [1.82, 2.24) is 0 Å². The van der Waals surface area contributed by atoms with Gasteiger partial charge in [0.15, 0.2) is 6.61 Å². The van der Waals surface area contributed by atoms with Crippen LogP contribution in [0.15, 0.2) is 24.3 Å². The van der Waals surface area contributed by atoms with Gasteiger partial charge in [0.2, 0.25) is 0 Å². The number of carbonyl (C=O) groups excluding carboxylic acids is 1. The Hall–Kier alpha value is -1.77. The summed E-state index contributed by atoms with van der Waals surface area (Å²) in [4.78, 5) is 12.6. The molecule has 1 aliphatic rings. The van der Waals surface area contributed by atoms with Crippen molar-refractivity contribution in [2.45, 2.75) is 106 Å². The van der Waals surface area contributed by atoms with Gasteiger partial charge in [-0.3, -0.25) is 0 Å². The first-order valence-corrected chi connectivity index (χ1v) is 12.5. The highest BCUT2D eigenvalue weighted by Crippen LogP contribution is 2.40. The smallest absolute Gasteiger partial charge is 0.344 e. The molecule has 0 radical (unpaired) electrons. The number of hydrogen-bond acceptors (Lipinski definition) is 3. The van der Waals surface area contributed by atoms with E-state index in [1.165, 1.54) is 5.56 Å². The van der Waals surface area contributed by atoms with Gasteiger partial charge < -0.3 is 9.47 Å². The van der Waals surface area contributed by atoms with Crippen molar-refractivity contribution in [2.75, 3.05) is 6.61 Å². The summed E-state index contributed by atoms with van der Waals surface area (Å²) in [5, 5.41) is 0. The fourth-order valence-corrected chi connectivity index (χ4v) is 4.89. The number of carbonyl (C=O) groups is 1. The maximum atomic E-state index is 12.6. The molecule has 1 saturated carbocycles. The zero-order valence-electron chi connectivity index (χ0n) is 21.8. The molecule has 0 spiro atoms. The molecule has 0 saturated heterocycles. The number of rotatable bonds is 9. The first-order chi connectivity index (χ1) is 14.9. The Bertz CT molecular complexity index is 771. The second kappa shape index (κ2) is 10.9. The molecule has 0 aromatic heterocycles. The van der Waals surface area contributed by atoms with Gasteiger partial charge in [0.05, 0.1) is 0 Å². The molecule has 0 aliphatic heterocycles. The summed E-state index contributed by atoms with van der Waals surface area (Å²) in [6.07, 6.45) is 11.4. The lowest BCUT2D eigenvalue weighted by Gasteiger charge is -2.36. The Morgan fingerprint density at radius 1 is 1.12 bits per heavy atom. The van der Waals surface area contributed by atoms with Gasteiger partial charge in [-0.1, -0.05) is 72.8 Å². The van der Waals surface area contributed by atoms with Crippen LogP contribution in [0, 0.1) is 16.7 Å². The van der Waals surface area contributed by atoms with Gasteiger partial charge >= 0.3 is 5.97 Å². The van der Waals surface area contributed by atoms with Crippen LogP contribution < -0.4 is 4.74 Å². The summed E-state index contributed by atoms with van der Waals surface area (Å²) >= 11 is 0. The maximum Gasteiger partial charge on any atom is 0.344 e. The standard InChI is InChI=1S/C29H46O3/c1-9-14-24-22(19-23(28(6,7)8)20-27(3,4)5)15-13-16-25(24)31-21-26(30)32-29(10-2)17-11-12-18-29/h9,13-16,23H,10-12,17-21H2,1-8H3/b14-9-. The molecule has 3 nitrogen and oxygen atoms in total. The van der Waals surface area contributed by atoms with E-state index in [2.05, 4.69) is 60.6 Å². The van der Waals surface area contributed by atoms with Gasteiger partial charge in [0.25, 0.3) is 0 Å². The zero-order valence-corrected chi connectivity index (χ0v) is 21.8. The van der Waals surface area contributed by atoms with Gasteiger partial charge in [-0.15, -0.1) is 0 Å². The third-order valence-electron chi connectivity index (χ3n) is 6.87. The molecule has 1 unspecified atom stereocenters. The van der Waals surface area contributed by atoms with Crippen LogP contribution in [0.4, 0.5) is 0 Å². The summed E-state index contributed by atoms with van der Waals surface area (Å²) in [6, 6.07) is 6.21. The Labute approximate surface area is 197 Å². The van der Waals surface area contributed by atoms with E-state index in [1.54, 1.807) is 0 Å². The zero-order chi connectivity index (χ0) is 24.0. The molecule has 180 valence electrons. The normalized spacial score (nSPS) is 17.5. The molecule has 0 amide bonds. The highest BCUT2D eigenvalue weighted by atomic mass is 16.6. The van der Waals surface area contributed by atoms with Gasteiger partial charge in [0.1, 0.15) is 11.4 Å². The molecule has 3 heteroatoms. The van der Waals surface area contributed by atoms with Crippen molar-refractivity contribution in [3.63, 3.8) is 0 Å². The van der Waals surface area contributed by atoms with Gasteiger partial charge in [-0.2, -0.15) is 0 Å². The van der Waals surface area contributed by atoms with Crippen molar-refractivity contribution in [1.29, 1.82) is 0 Å². The first kappa shape index (κ1) is 26.5. The molecule has 1 aromatic carbocycles. The SMILES string of the molecule is C/C=C\c1c(CC(CC(C)(C)C)C(C)(C)C)cccc1OCC(=O)OC1(CC)CCCC1. The number of allylic oxidation sites excluding steroid dienone is 1. The van der Waals surface area contributed by atoms with E-state index < -0.39 is 0 Å². The fraction of sp³-hybridized carbons (Fsp3) is 0.690. The molecule has 0 heterocycles. The summed E-state index contributed by atoms with van der Waals surface area (Å²) in [5.41, 5.74) is 2.56. The van der Waals surface area contributed by atoms with Crippen LogP contribution in [-0.4, -0.2) is 18.2 Å². The summed E-state index contributed by atoms with van der Waals surface area (Å²) < 4.78 is 11.9. The van der Waals surface area contributed by atoms with Gasteiger partial charge in [0, 0.05) is 5.56 Å². The van der Waals surface area contributed by atoms with Crippen LogP contribution >= 0.6 is 0 Å². The maximum absolute atomic E-state index is 12.6. The Morgan fingerprint density at radius 3 is 2.31 bits per heavy atom. The van der Waals surface area contributed by atoms with Crippen molar-refractivity contribution in [2.24, 2.45) is 16.7 Å². The number of esters is 1. The summed E-state index contributed by atoms with van der Waals surface area (Å²) in [5.74, 6) is 1.04. The third kappa shape index (κ3) is 7.67. The van der Waals surface area contributed by atoms with Crippen LogP contribution in [0.1, 0.15) is 105 Å². The fourth-order valence-electron chi connectivity index (χ4n) is 4.89. The van der Waals surface area contributed by atoms with E-state index in [1.807, 2.05) is 25.1 Å². The van der Waals surface area contributed by atoms with Crippen LogP contribution in [0.3, 0.4) is 0 Å². The lowest BCUT2D eigenvalue weighted by Crippen LogP contribution is -2.33. The number of hydrogen-bond donors (Lipinski definition) is 0. The first-order valence-electron chi connectivity index (χ1n) is 12.5. The highest BCUT2D eigenvalue weighted by molar-refractivity contribution is 5.72. The lowest BCUT2D eigenvalue weighted by atomic mass is 9.69. The topological polar surface area (TPSA) is 35.5 Å². The molecule has 32 heavy (non-hydrogen) atoms. The third-order valence-corrected chi connectivity index (χ3v) is 6.87. The predicted octanol–water partition coefficient (Wildman–Crippen LogP) is 8.01. The molecule has 1 aromatic rings. The van der Waals surface area contributed by atoms with Crippen molar-refractivity contribution in [3.05, 3.63) is 35.4 Å². The van der Waals surface area contributed by atoms with Gasteiger partial charge in [-0.25, -0.2) is 4.79 Å². The molecular formula is C29H46O3. The van der Waals surface area contributed by atoms with E-state index >= 15 is 0 Å². The van der Waals surface area contributed by atoms with Crippen molar-refractivity contribution < 1.29 is 14.3 Å². The molecule has 2 rings (SSSR count). The van der Waals surface area contributed by atoms with Crippen LogP contribution in [-0.2, 0) is 16.0 Å². The quantitative estimate of drug-likeness (QED) is 0.363. The average Bonchev–Trinajstić information content (AvgIpc) is 3.15. The molecule has 1 atom stereocenters. The van der Waals surface area contributed by atoms with E-state index in [4.69, 9.17) is 9.47 Å². The van der Waals surface area contributed by atoms with E-state index in [0.717, 1.165) is 56.3 Å². The summed E-state index contributed by atoms with van der Waals surface area (Å²) in [7, 11) is 0. The monoisotopic (exact) mass is 442 g/mol. The van der Waals surface area contributed by atoms with Crippen molar-refractivity contribution in [3.8, 4) is 5.75 Å². The molecule has 1 aliphatic carbocycles. The Kier molecular flexibility index (Phi) is 9.02.